The molecule has 70 valence electrons. The van der Waals surface area contributed by atoms with Crippen LogP contribution in [0.15, 0.2) is 0 Å². The Morgan fingerprint density at radius 3 is 2.42 bits per heavy atom. The summed E-state index contributed by atoms with van der Waals surface area (Å²) in [4.78, 5) is 0. The van der Waals surface area contributed by atoms with Gasteiger partial charge in [0.25, 0.3) is 0 Å². The quantitative estimate of drug-likeness (QED) is 0.555. The van der Waals surface area contributed by atoms with Crippen molar-refractivity contribution in [1.29, 1.82) is 0 Å². The van der Waals surface area contributed by atoms with Crippen LogP contribution in [0.1, 0.15) is 39.5 Å². The topological polar surface area (TPSA) is 18.5 Å². The molecule has 0 aromatic heterocycles. The molecular weight excluding hydrogens is 152 g/mol. The van der Waals surface area contributed by atoms with Gasteiger partial charge < -0.3 is 9.47 Å². The van der Waals surface area contributed by atoms with E-state index in [1.165, 1.54) is 12.8 Å². The highest BCUT2D eigenvalue weighted by Crippen LogP contribution is 2.39. The molecule has 2 fully saturated rings. The summed E-state index contributed by atoms with van der Waals surface area (Å²) in [6, 6.07) is 0. The Morgan fingerprint density at radius 2 is 1.83 bits per heavy atom. The minimum absolute atomic E-state index is 0.175. The van der Waals surface area contributed by atoms with E-state index in [0.29, 0.717) is 12.0 Å². The maximum absolute atomic E-state index is 5.92. The molecule has 1 aliphatic carbocycles. The van der Waals surface area contributed by atoms with Crippen molar-refractivity contribution in [2.75, 3.05) is 6.61 Å². The molecular formula is C10H18O2. The van der Waals surface area contributed by atoms with Gasteiger partial charge in [0.1, 0.15) is 0 Å². The van der Waals surface area contributed by atoms with Crippen LogP contribution in [0.5, 0.6) is 0 Å². The van der Waals surface area contributed by atoms with Crippen LogP contribution in [0, 0.1) is 5.92 Å². The Hall–Kier alpha value is -0.0800. The van der Waals surface area contributed by atoms with E-state index in [4.69, 9.17) is 9.47 Å². The highest BCUT2D eigenvalue weighted by atomic mass is 16.7. The van der Waals surface area contributed by atoms with Crippen LogP contribution < -0.4 is 0 Å². The van der Waals surface area contributed by atoms with E-state index in [1.807, 2.05) is 0 Å². The minimum Gasteiger partial charge on any atom is -0.350 e. The van der Waals surface area contributed by atoms with Gasteiger partial charge in [0.2, 0.25) is 0 Å². The van der Waals surface area contributed by atoms with Gasteiger partial charge in [-0.15, -0.1) is 0 Å². The van der Waals surface area contributed by atoms with Crippen molar-refractivity contribution < 1.29 is 9.47 Å². The van der Waals surface area contributed by atoms with E-state index in [-0.39, 0.29) is 5.79 Å². The van der Waals surface area contributed by atoms with Crippen molar-refractivity contribution in [3.8, 4) is 0 Å². The second kappa shape index (κ2) is 3.00. The van der Waals surface area contributed by atoms with Crippen LogP contribution in [0.4, 0.5) is 0 Å². The van der Waals surface area contributed by atoms with Crippen LogP contribution >= 0.6 is 0 Å². The van der Waals surface area contributed by atoms with Gasteiger partial charge in [-0.05, 0) is 19.8 Å². The van der Waals surface area contributed by atoms with Gasteiger partial charge >= 0.3 is 0 Å². The minimum atomic E-state index is -0.175. The van der Waals surface area contributed by atoms with Crippen molar-refractivity contribution in [3.63, 3.8) is 0 Å². The highest BCUT2D eigenvalue weighted by molar-refractivity contribution is 4.83. The normalized spacial score (nSPS) is 40.5. The molecule has 1 heterocycles. The standard InChI is InChI=1S/C10H18O2/c1-8-7-11-10(12-9(8)2)5-3-4-6-10/h8-9H,3-7H2,1-2H3/t8-,9+/m0/s1. The molecule has 2 heteroatoms. The molecule has 0 N–H and O–H groups in total. The molecule has 1 spiro atoms. The third-order valence-corrected chi connectivity index (χ3v) is 3.18. The summed E-state index contributed by atoms with van der Waals surface area (Å²) in [7, 11) is 0. The molecule has 1 saturated carbocycles. The Kier molecular flexibility index (Phi) is 2.13. The number of ether oxygens (including phenoxy) is 2. The fourth-order valence-corrected chi connectivity index (χ4v) is 2.08. The summed E-state index contributed by atoms with van der Waals surface area (Å²) < 4.78 is 11.7. The third-order valence-electron chi connectivity index (χ3n) is 3.18. The zero-order valence-corrected chi connectivity index (χ0v) is 8.01. The largest absolute Gasteiger partial charge is 0.350 e. The van der Waals surface area contributed by atoms with E-state index in [0.717, 1.165) is 19.4 Å². The van der Waals surface area contributed by atoms with Crippen molar-refractivity contribution in [2.24, 2.45) is 5.92 Å². The Balaban J connectivity index is 2.01. The highest BCUT2D eigenvalue weighted by Gasteiger charge is 2.41. The maximum atomic E-state index is 5.92. The van der Waals surface area contributed by atoms with Crippen molar-refractivity contribution in [2.45, 2.75) is 51.4 Å². The first-order chi connectivity index (χ1) is 5.72. The molecule has 2 atom stereocenters. The zero-order valence-electron chi connectivity index (χ0n) is 8.01. The van der Waals surface area contributed by atoms with Crippen LogP contribution in [0.25, 0.3) is 0 Å². The van der Waals surface area contributed by atoms with Gasteiger partial charge in [-0.3, -0.25) is 0 Å². The average Bonchev–Trinajstić information content (AvgIpc) is 2.47. The fourth-order valence-electron chi connectivity index (χ4n) is 2.08. The van der Waals surface area contributed by atoms with E-state index < -0.39 is 0 Å². The molecule has 0 amide bonds. The number of hydrogen-bond acceptors (Lipinski definition) is 2. The first kappa shape index (κ1) is 8.52. The Labute approximate surface area is 74.2 Å². The molecule has 12 heavy (non-hydrogen) atoms. The molecule has 2 nitrogen and oxygen atoms in total. The summed E-state index contributed by atoms with van der Waals surface area (Å²) in [5.74, 6) is 0.377. The van der Waals surface area contributed by atoms with Gasteiger partial charge in [-0.2, -0.15) is 0 Å². The predicted octanol–water partition coefficient (Wildman–Crippen LogP) is 2.33. The first-order valence-corrected chi connectivity index (χ1v) is 5.04. The number of hydrogen-bond donors (Lipinski definition) is 0. The monoisotopic (exact) mass is 170 g/mol. The SMILES string of the molecule is C[C@H]1COC2(CCCC2)O[C@@H]1C. The molecule has 1 saturated heterocycles. The second-order valence-corrected chi connectivity index (χ2v) is 4.23. The first-order valence-electron chi connectivity index (χ1n) is 5.04. The third kappa shape index (κ3) is 1.38. The Bertz CT molecular complexity index is 161. The summed E-state index contributed by atoms with van der Waals surface area (Å²) in [6.45, 7) is 5.22. The van der Waals surface area contributed by atoms with Gasteiger partial charge in [0, 0.05) is 18.8 Å². The Morgan fingerprint density at radius 1 is 1.17 bits per heavy atom. The molecule has 0 unspecified atom stereocenters. The van der Waals surface area contributed by atoms with Crippen molar-refractivity contribution in [3.05, 3.63) is 0 Å². The van der Waals surface area contributed by atoms with Crippen LogP contribution in [0.2, 0.25) is 0 Å². The molecule has 0 bridgehead atoms. The molecule has 1 aliphatic heterocycles. The lowest BCUT2D eigenvalue weighted by Crippen LogP contribution is -2.45. The van der Waals surface area contributed by atoms with E-state index in [1.54, 1.807) is 0 Å². The zero-order chi connectivity index (χ0) is 8.60. The maximum Gasteiger partial charge on any atom is 0.168 e. The van der Waals surface area contributed by atoms with Crippen molar-refractivity contribution >= 4 is 0 Å². The molecule has 0 aromatic carbocycles. The van der Waals surface area contributed by atoms with E-state index in [2.05, 4.69) is 13.8 Å². The summed E-state index contributed by atoms with van der Waals surface area (Å²) in [6.07, 6.45) is 5.10. The van der Waals surface area contributed by atoms with Gasteiger partial charge in [0.15, 0.2) is 5.79 Å². The predicted molar refractivity (Wildman–Crippen MR) is 46.9 cm³/mol. The van der Waals surface area contributed by atoms with Crippen LogP contribution in [-0.2, 0) is 9.47 Å². The lowest BCUT2D eigenvalue weighted by molar-refractivity contribution is -0.301. The van der Waals surface area contributed by atoms with Gasteiger partial charge in [0.05, 0.1) is 12.7 Å². The van der Waals surface area contributed by atoms with Gasteiger partial charge in [-0.1, -0.05) is 6.92 Å². The van der Waals surface area contributed by atoms with E-state index >= 15 is 0 Å². The summed E-state index contributed by atoms with van der Waals surface area (Å²) in [5.41, 5.74) is 0. The van der Waals surface area contributed by atoms with E-state index in [9.17, 15) is 0 Å². The molecule has 2 aliphatic rings. The smallest absolute Gasteiger partial charge is 0.168 e. The van der Waals surface area contributed by atoms with Crippen molar-refractivity contribution in [1.82, 2.24) is 0 Å². The average molecular weight is 170 g/mol. The molecule has 0 aromatic rings. The second-order valence-electron chi connectivity index (χ2n) is 4.23. The summed E-state index contributed by atoms with van der Waals surface area (Å²) in [5, 5.41) is 0. The lowest BCUT2D eigenvalue weighted by atomic mass is 10.0. The van der Waals surface area contributed by atoms with Gasteiger partial charge in [-0.25, -0.2) is 0 Å². The molecule has 2 rings (SSSR count). The van der Waals surface area contributed by atoms with Crippen LogP contribution in [0.3, 0.4) is 0 Å². The molecule has 0 radical (unpaired) electrons. The lowest BCUT2D eigenvalue weighted by Gasteiger charge is -2.40. The number of rotatable bonds is 0. The van der Waals surface area contributed by atoms with Crippen LogP contribution in [-0.4, -0.2) is 18.5 Å². The summed E-state index contributed by atoms with van der Waals surface area (Å²) >= 11 is 0. The fraction of sp³-hybridized carbons (Fsp3) is 1.00.